The molecule has 0 radical (unpaired) electrons. The first-order chi connectivity index (χ1) is 5.06. The lowest BCUT2D eigenvalue weighted by atomic mass is 9.91. The zero-order valence-electron chi connectivity index (χ0n) is 8.18. The molecule has 0 aliphatic rings. The summed E-state index contributed by atoms with van der Waals surface area (Å²) < 4.78 is 0. The third-order valence-corrected chi connectivity index (χ3v) is 1.96. The van der Waals surface area contributed by atoms with Crippen LogP contribution in [0.3, 0.4) is 0 Å². The second kappa shape index (κ2) is 5.34. The number of hydrogen-bond acceptors (Lipinski definition) is 1. The molecule has 1 heteroatoms. The Morgan fingerprint density at radius 1 is 1.36 bits per heavy atom. The maximum atomic E-state index is 10.8. The van der Waals surface area contributed by atoms with Gasteiger partial charge in [-0.1, -0.05) is 27.2 Å². The molecule has 0 aliphatic heterocycles. The van der Waals surface area contributed by atoms with Crippen LogP contribution in [0.15, 0.2) is 0 Å². The van der Waals surface area contributed by atoms with Gasteiger partial charge in [0, 0.05) is 6.42 Å². The number of Topliss-reactive ketones (excluding diaryl/α,β-unsaturated/α-hetero) is 1. The Morgan fingerprint density at radius 3 is 2.18 bits per heavy atom. The first-order valence-corrected chi connectivity index (χ1v) is 4.55. The minimum atomic E-state index is 0.331. The van der Waals surface area contributed by atoms with Crippen molar-refractivity contribution >= 4 is 5.78 Å². The molecule has 0 aromatic heterocycles. The van der Waals surface area contributed by atoms with Gasteiger partial charge < -0.3 is 4.79 Å². The number of hydrogen-bond donors (Lipinski definition) is 0. The van der Waals surface area contributed by atoms with Gasteiger partial charge in [0.15, 0.2) is 0 Å². The molecule has 0 saturated carbocycles. The molecule has 66 valence electrons. The zero-order chi connectivity index (χ0) is 8.85. The van der Waals surface area contributed by atoms with Crippen molar-refractivity contribution in [1.82, 2.24) is 0 Å². The van der Waals surface area contributed by atoms with Crippen LogP contribution in [0.4, 0.5) is 0 Å². The van der Waals surface area contributed by atoms with E-state index in [4.69, 9.17) is 0 Å². The maximum Gasteiger partial charge on any atom is 0.130 e. The standard InChI is InChI=1S/C10H20O/c1-5-10(6-8(2)3)7-9(4)11/h8,10H,5-7H2,1-4H3. The molecule has 1 atom stereocenters. The second-order valence-electron chi connectivity index (χ2n) is 3.81. The van der Waals surface area contributed by atoms with Crippen molar-refractivity contribution in [1.29, 1.82) is 0 Å². The maximum absolute atomic E-state index is 10.8. The van der Waals surface area contributed by atoms with Crippen LogP contribution in [0.5, 0.6) is 0 Å². The molecular formula is C10H20O. The third kappa shape index (κ3) is 6.08. The van der Waals surface area contributed by atoms with Gasteiger partial charge in [0.1, 0.15) is 5.78 Å². The first kappa shape index (κ1) is 10.7. The average molecular weight is 156 g/mol. The van der Waals surface area contributed by atoms with Gasteiger partial charge in [-0.05, 0) is 25.2 Å². The van der Waals surface area contributed by atoms with Crippen LogP contribution in [0, 0.1) is 11.8 Å². The van der Waals surface area contributed by atoms with E-state index in [1.165, 1.54) is 6.42 Å². The molecular weight excluding hydrogens is 136 g/mol. The number of ketones is 1. The van der Waals surface area contributed by atoms with Crippen LogP contribution in [0.25, 0.3) is 0 Å². The van der Waals surface area contributed by atoms with Crippen LogP contribution in [0.2, 0.25) is 0 Å². The molecule has 1 unspecified atom stereocenters. The smallest absolute Gasteiger partial charge is 0.130 e. The van der Waals surface area contributed by atoms with Gasteiger partial charge in [-0.2, -0.15) is 0 Å². The van der Waals surface area contributed by atoms with Crippen molar-refractivity contribution in [3.05, 3.63) is 0 Å². The van der Waals surface area contributed by atoms with Gasteiger partial charge >= 0.3 is 0 Å². The molecule has 0 aromatic rings. The molecule has 0 bridgehead atoms. The molecule has 11 heavy (non-hydrogen) atoms. The molecule has 0 heterocycles. The summed E-state index contributed by atoms with van der Waals surface area (Å²) >= 11 is 0. The Kier molecular flexibility index (Phi) is 5.18. The predicted molar refractivity (Wildman–Crippen MR) is 48.5 cm³/mol. The highest BCUT2D eigenvalue weighted by Crippen LogP contribution is 2.18. The molecule has 0 rings (SSSR count). The number of rotatable bonds is 5. The highest BCUT2D eigenvalue weighted by Gasteiger charge is 2.10. The lowest BCUT2D eigenvalue weighted by Crippen LogP contribution is -2.07. The van der Waals surface area contributed by atoms with Crippen LogP contribution in [0.1, 0.15) is 47.0 Å². The predicted octanol–water partition coefficient (Wildman–Crippen LogP) is 3.04. The number of carbonyl (C=O) groups is 1. The van der Waals surface area contributed by atoms with Crippen molar-refractivity contribution in [2.45, 2.75) is 47.0 Å². The van der Waals surface area contributed by atoms with E-state index in [1.54, 1.807) is 6.92 Å². The summed E-state index contributed by atoms with van der Waals surface area (Å²) in [6, 6.07) is 0. The molecule has 0 spiro atoms. The minimum Gasteiger partial charge on any atom is -0.300 e. The van der Waals surface area contributed by atoms with Gasteiger partial charge in [0.25, 0.3) is 0 Å². The van der Waals surface area contributed by atoms with Gasteiger partial charge in [0.2, 0.25) is 0 Å². The molecule has 0 aliphatic carbocycles. The zero-order valence-corrected chi connectivity index (χ0v) is 8.18. The van der Waals surface area contributed by atoms with E-state index in [0.717, 1.165) is 18.8 Å². The molecule has 0 fully saturated rings. The van der Waals surface area contributed by atoms with Crippen LogP contribution < -0.4 is 0 Å². The summed E-state index contributed by atoms with van der Waals surface area (Å²) in [6.07, 6.45) is 3.10. The normalized spacial score (nSPS) is 13.5. The summed E-state index contributed by atoms with van der Waals surface area (Å²) in [7, 11) is 0. The van der Waals surface area contributed by atoms with Gasteiger partial charge in [-0.3, -0.25) is 0 Å². The van der Waals surface area contributed by atoms with E-state index in [-0.39, 0.29) is 0 Å². The molecule has 0 N–H and O–H groups in total. The monoisotopic (exact) mass is 156 g/mol. The van der Waals surface area contributed by atoms with E-state index < -0.39 is 0 Å². The SMILES string of the molecule is CCC(CC(C)=O)CC(C)C. The topological polar surface area (TPSA) is 17.1 Å². The fourth-order valence-corrected chi connectivity index (χ4v) is 1.47. The fourth-order valence-electron chi connectivity index (χ4n) is 1.47. The largest absolute Gasteiger partial charge is 0.300 e. The summed E-state index contributed by atoms with van der Waals surface area (Å²) in [5.41, 5.74) is 0. The van der Waals surface area contributed by atoms with E-state index in [1.807, 2.05) is 0 Å². The first-order valence-electron chi connectivity index (χ1n) is 4.55. The molecule has 0 aromatic carbocycles. The van der Waals surface area contributed by atoms with E-state index >= 15 is 0 Å². The van der Waals surface area contributed by atoms with Crippen LogP contribution in [-0.4, -0.2) is 5.78 Å². The summed E-state index contributed by atoms with van der Waals surface area (Å²) in [5, 5.41) is 0. The van der Waals surface area contributed by atoms with E-state index in [9.17, 15) is 4.79 Å². The Hall–Kier alpha value is -0.330. The van der Waals surface area contributed by atoms with Crippen molar-refractivity contribution in [3.63, 3.8) is 0 Å². The van der Waals surface area contributed by atoms with Gasteiger partial charge in [-0.15, -0.1) is 0 Å². The Balaban J connectivity index is 3.66. The van der Waals surface area contributed by atoms with Crippen LogP contribution >= 0.6 is 0 Å². The van der Waals surface area contributed by atoms with E-state index in [0.29, 0.717) is 11.7 Å². The Labute approximate surface area is 70.2 Å². The van der Waals surface area contributed by atoms with Gasteiger partial charge in [-0.25, -0.2) is 0 Å². The molecule has 0 saturated heterocycles. The minimum absolute atomic E-state index is 0.331. The average Bonchev–Trinajstić information content (AvgIpc) is 1.84. The van der Waals surface area contributed by atoms with Crippen LogP contribution in [-0.2, 0) is 4.79 Å². The summed E-state index contributed by atoms with van der Waals surface area (Å²) in [4.78, 5) is 10.8. The van der Waals surface area contributed by atoms with Crippen molar-refractivity contribution in [2.24, 2.45) is 11.8 Å². The fraction of sp³-hybridized carbons (Fsp3) is 0.900. The highest BCUT2D eigenvalue weighted by atomic mass is 16.1. The van der Waals surface area contributed by atoms with Crippen molar-refractivity contribution < 1.29 is 4.79 Å². The Bertz CT molecular complexity index is 116. The Morgan fingerprint density at radius 2 is 1.91 bits per heavy atom. The lowest BCUT2D eigenvalue weighted by molar-refractivity contribution is -0.118. The van der Waals surface area contributed by atoms with E-state index in [2.05, 4.69) is 20.8 Å². The van der Waals surface area contributed by atoms with Crippen molar-refractivity contribution in [2.75, 3.05) is 0 Å². The summed E-state index contributed by atoms with van der Waals surface area (Å²) in [6.45, 7) is 8.27. The second-order valence-corrected chi connectivity index (χ2v) is 3.81. The van der Waals surface area contributed by atoms with Crippen molar-refractivity contribution in [3.8, 4) is 0 Å². The lowest BCUT2D eigenvalue weighted by Gasteiger charge is -2.14. The molecule has 1 nitrogen and oxygen atoms in total. The number of carbonyl (C=O) groups excluding carboxylic acids is 1. The quantitative estimate of drug-likeness (QED) is 0.598. The van der Waals surface area contributed by atoms with Gasteiger partial charge in [0.05, 0.1) is 0 Å². The molecule has 0 amide bonds. The highest BCUT2D eigenvalue weighted by molar-refractivity contribution is 5.75. The summed E-state index contributed by atoms with van der Waals surface area (Å²) in [5.74, 6) is 1.67. The third-order valence-electron chi connectivity index (χ3n) is 1.96.